The summed E-state index contributed by atoms with van der Waals surface area (Å²) in [4.78, 5) is 46.2. The highest BCUT2D eigenvalue weighted by atomic mass is 32.2. The van der Waals surface area contributed by atoms with Crippen molar-refractivity contribution >= 4 is 69.6 Å². The number of carbonyl (C=O) groups is 4. The molecule has 0 bridgehead atoms. The number of amides is 2. The summed E-state index contributed by atoms with van der Waals surface area (Å²) in [6.45, 7) is 0.481. The SMILES string of the molecule is Nc1ccccc1S.O=C(CC1Sc2ccccc2NC1=O)NCc1ccccc1.O=C1C=CC(=O)S1. The highest BCUT2D eigenvalue weighted by Crippen LogP contribution is 2.36. The van der Waals surface area contributed by atoms with E-state index in [1.54, 1.807) is 0 Å². The van der Waals surface area contributed by atoms with Gasteiger partial charge in [0.25, 0.3) is 0 Å². The zero-order valence-corrected chi connectivity index (χ0v) is 22.2. The van der Waals surface area contributed by atoms with Crippen LogP contribution in [-0.2, 0) is 25.7 Å². The van der Waals surface area contributed by atoms with Gasteiger partial charge in [-0.1, -0.05) is 54.6 Å². The number of para-hydroxylation sites is 2. The number of carbonyl (C=O) groups excluding carboxylic acids is 4. The van der Waals surface area contributed by atoms with Gasteiger partial charge in [0.05, 0.1) is 10.9 Å². The number of nitrogens with one attached hydrogen (secondary N) is 2. The summed E-state index contributed by atoms with van der Waals surface area (Å²) in [6.07, 6.45) is 2.72. The maximum atomic E-state index is 12.1. The first kappa shape index (κ1) is 28.1. The van der Waals surface area contributed by atoms with Gasteiger partial charge < -0.3 is 16.4 Å². The standard InChI is InChI=1S/C17H16N2O2S.C6H7NS.C4H2O2S/c20-16(18-11-12-6-2-1-3-7-12)10-15-17(21)19-13-8-4-5-9-14(13)22-15;7-5-3-1-2-4-6(5)8;5-3-1-2-4(6)7-3/h1-9,15H,10-11H2,(H,18,20)(H,19,21);1-4,8H,7H2;1-2H. The van der Waals surface area contributed by atoms with Gasteiger partial charge in [-0.2, -0.15) is 0 Å². The van der Waals surface area contributed by atoms with Crippen LogP contribution in [0.4, 0.5) is 11.4 Å². The Morgan fingerprint density at radius 2 is 1.51 bits per heavy atom. The van der Waals surface area contributed by atoms with Crippen LogP contribution < -0.4 is 16.4 Å². The molecule has 1 atom stereocenters. The quantitative estimate of drug-likeness (QED) is 0.274. The van der Waals surface area contributed by atoms with Crippen molar-refractivity contribution in [3.8, 4) is 0 Å². The van der Waals surface area contributed by atoms with E-state index in [0.29, 0.717) is 6.54 Å². The van der Waals surface area contributed by atoms with Crippen LogP contribution in [-0.4, -0.2) is 27.3 Å². The van der Waals surface area contributed by atoms with Gasteiger partial charge in [-0.25, -0.2) is 0 Å². The molecule has 2 aliphatic heterocycles. The van der Waals surface area contributed by atoms with Crippen LogP contribution in [0.15, 0.2) is 101 Å². The number of hydrogen-bond acceptors (Lipinski definition) is 8. The third-order valence-electron chi connectivity index (χ3n) is 4.90. The summed E-state index contributed by atoms with van der Waals surface area (Å²) in [5.41, 5.74) is 8.04. The van der Waals surface area contributed by atoms with Crippen molar-refractivity contribution in [1.29, 1.82) is 0 Å². The molecule has 3 aromatic carbocycles. The summed E-state index contributed by atoms with van der Waals surface area (Å²) in [6, 6.07) is 24.8. The molecule has 2 heterocycles. The monoisotopic (exact) mass is 551 g/mol. The van der Waals surface area contributed by atoms with Gasteiger partial charge in [-0.3, -0.25) is 19.2 Å². The van der Waals surface area contributed by atoms with Crippen LogP contribution in [0, 0.1) is 0 Å². The second-order valence-electron chi connectivity index (χ2n) is 7.69. The largest absolute Gasteiger partial charge is 0.398 e. The second kappa shape index (κ2) is 14.3. The van der Waals surface area contributed by atoms with Gasteiger partial charge in [-0.05, 0) is 53.7 Å². The van der Waals surface area contributed by atoms with E-state index in [4.69, 9.17) is 5.73 Å². The lowest BCUT2D eigenvalue weighted by atomic mass is 10.2. The summed E-state index contributed by atoms with van der Waals surface area (Å²) >= 11 is 6.25. The smallest absolute Gasteiger partial charge is 0.238 e. The lowest BCUT2D eigenvalue weighted by molar-refractivity contribution is -0.124. The summed E-state index contributed by atoms with van der Waals surface area (Å²) in [5, 5.41) is 5.00. The van der Waals surface area contributed by atoms with E-state index < -0.39 is 0 Å². The van der Waals surface area contributed by atoms with Gasteiger partial charge in [0.15, 0.2) is 0 Å². The molecular weight excluding hydrogens is 527 g/mol. The lowest BCUT2D eigenvalue weighted by Gasteiger charge is -2.23. The van der Waals surface area contributed by atoms with Crippen molar-refractivity contribution < 1.29 is 19.2 Å². The number of thioether (sulfide) groups is 2. The van der Waals surface area contributed by atoms with Gasteiger partial charge in [-0.15, -0.1) is 24.4 Å². The zero-order chi connectivity index (χ0) is 26.6. The number of nitrogen functional groups attached to an aromatic ring is 1. The topological polar surface area (TPSA) is 118 Å². The van der Waals surface area contributed by atoms with Crippen molar-refractivity contribution in [2.24, 2.45) is 0 Å². The Bertz CT molecular complexity index is 1260. The molecule has 190 valence electrons. The number of fused-ring (bicyclic) bond motifs is 1. The third kappa shape index (κ3) is 9.49. The average molecular weight is 552 g/mol. The maximum Gasteiger partial charge on any atom is 0.238 e. The molecule has 1 unspecified atom stereocenters. The van der Waals surface area contributed by atoms with Crippen LogP contribution in [0.2, 0.25) is 0 Å². The molecule has 0 saturated heterocycles. The molecule has 0 aromatic heterocycles. The number of rotatable bonds is 4. The van der Waals surface area contributed by atoms with E-state index >= 15 is 0 Å². The van der Waals surface area contributed by atoms with E-state index in [9.17, 15) is 19.2 Å². The number of anilines is 2. The van der Waals surface area contributed by atoms with Crippen molar-refractivity contribution in [2.75, 3.05) is 11.1 Å². The molecule has 5 rings (SSSR count). The molecule has 0 spiro atoms. The Labute approximate surface area is 229 Å². The fourth-order valence-electron chi connectivity index (χ4n) is 3.05. The van der Waals surface area contributed by atoms with Gasteiger partial charge >= 0.3 is 0 Å². The molecule has 2 aliphatic rings. The minimum absolute atomic E-state index is 0.112. The highest BCUT2D eigenvalue weighted by Gasteiger charge is 2.28. The normalized spacial score (nSPS) is 15.4. The predicted octanol–water partition coefficient (Wildman–Crippen LogP) is 4.71. The van der Waals surface area contributed by atoms with Gasteiger partial charge in [0.1, 0.15) is 0 Å². The zero-order valence-electron chi connectivity index (χ0n) is 19.6. The first-order valence-corrected chi connectivity index (χ1v) is 13.3. The van der Waals surface area contributed by atoms with Crippen LogP contribution in [0.3, 0.4) is 0 Å². The Balaban J connectivity index is 0.000000206. The van der Waals surface area contributed by atoms with E-state index in [1.807, 2.05) is 78.9 Å². The molecular formula is C27H25N3O4S3. The number of thiol groups is 1. The molecule has 0 aliphatic carbocycles. The van der Waals surface area contributed by atoms with E-state index in [-0.39, 0.29) is 33.7 Å². The third-order valence-corrected chi connectivity index (χ3v) is 7.26. The lowest BCUT2D eigenvalue weighted by Crippen LogP contribution is -2.34. The van der Waals surface area contributed by atoms with Crippen molar-refractivity contribution in [3.05, 3.63) is 96.6 Å². The van der Waals surface area contributed by atoms with Crippen LogP contribution in [0.1, 0.15) is 12.0 Å². The van der Waals surface area contributed by atoms with E-state index in [1.165, 1.54) is 23.9 Å². The second-order valence-corrected chi connectivity index (χ2v) is 10.4. The average Bonchev–Trinajstić information content (AvgIpc) is 3.28. The van der Waals surface area contributed by atoms with Crippen molar-refractivity contribution in [2.45, 2.75) is 28.0 Å². The van der Waals surface area contributed by atoms with E-state index in [0.717, 1.165) is 38.5 Å². The first-order valence-electron chi connectivity index (χ1n) is 11.2. The Kier molecular flexibility index (Phi) is 10.9. The predicted molar refractivity (Wildman–Crippen MR) is 152 cm³/mol. The molecule has 0 radical (unpaired) electrons. The van der Waals surface area contributed by atoms with Crippen LogP contribution >= 0.6 is 36.2 Å². The molecule has 10 heteroatoms. The fourth-order valence-corrected chi connectivity index (χ4v) is 4.80. The van der Waals surface area contributed by atoms with Crippen molar-refractivity contribution in [1.82, 2.24) is 5.32 Å². The minimum Gasteiger partial charge on any atom is -0.398 e. The summed E-state index contributed by atoms with van der Waals surface area (Å²) in [7, 11) is 0. The first-order chi connectivity index (χ1) is 17.8. The van der Waals surface area contributed by atoms with Crippen molar-refractivity contribution in [3.63, 3.8) is 0 Å². The molecule has 3 aromatic rings. The molecule has 7 nitrogen and oxygen atoms in total. The maximum absolute atomic E-state index is 12.1. The molecule has 0 fully saturated rings. The number of benzene rings is 3. The number of nitrogens with two attached hydrogens (primary N) is 1. The number of hydrogen-bond donors (Lipinski definition) is 4. The van der Waals surface area contributed by atoms with E-state index in [2.05, 4.69) is 23.3 Å². The fraction of sp³-hybridized carbons (Fsp3) is 0.111. The Morgan fingerprint density at radius 1 is 0.892 bits per heavy atom. The summed E-state index contributed by atoms with van der Waals surface area (Å²) in [5.74, 6) is -0.227. The Hall–Kier alpha value is -3.47. The molecule has 2 amide bonds. The van der Waals surface area contributed by atoms with Crippen LogP contribution in [0.25, 0.3) is 0 Å². The minimum atomic E-state index is -0.384. The highest BCUT2D eigenvalue weighted by molar-refractivity contribution is 8.27. The molecule has 4 N–H and O–H groups in total. The molecule has 0 saturated carbocycles. The Morgan fingerprint density at radius 3 is 2.11 bits per heavy atom. The molecule has 37 heavy (non-hydrogen) atoms. The van der Waals surface area contributed by atoms with Gasteiger partial charge in [0, 0.05) is 28.4 Å². The summed E-state index contributed by atoms with van der Waals surface area (Å²) < 4.78 is 0. The van der Waals surface area contributed by atoms with Gasteiger partial charge in [0.2, 0.25) is 22.0 Å². The van der Waals surface area contributed by atoms with Crippen LogP contribution in [0.5, 0.6) is 0 Å².